The van der Waals surface area contributed by atoms with E-state index in [-0.39, 0.29) is 0 Å². The number of imidazole rings is 1. The van der Waals surface area contributed by atoms with Crippen LogP contribution in [0.2, 0.25) is 0 Å². The van der Waals surface area contributed by atoms with Crippen LogP contribution in [-0.4, -0.2) is 27.7 Å². The number of aromatic nitrogens is 3. The van der Waals surface area contributed by atoms with Crippen molar-refractivity contribution < 1.29 is 9.53 Å². The van der Waals surface area contributed by atoms with Crippen LogP contribution in [0.5, 0.6) is 0 Å². The largest absolute Gasteiger partial charge is 0.450 e. The van der Waals surface area contributed by atoms with E-state index in [1.165, 1.54) is 12.4 Å². The van der Waals surface area contributed by atoms with Crippen LogP contribution in [0.3, 0.4) is 0 Å². The minimum atomic E-state index is -0.562. The number of anilines is 2. The number of nitrogen functional groups attached to an aromatic ring is 1. The number of hydrogen-bond acceptors (Lipinski definition) is 5. The molecule has 0 unspecified atom stereocenters. The molecule has 84 valence electrons. The molecule has 2 aromatic heterocycles. The van der Waals surface area contributed by atoms with E-state index in [1.807, 2.05) is 0 Å². The van der Waals surface area contributed by atoms with Gasteiger partial charge in [-0.15, -0.1) is 0 Å². The summed E-state index contributed by atoms with van der Waals surface area (Å²) in [6.07, 6.45) is 0.926. The zero-order valence-corrected chi connectivity index (χ0v) is 8.65. The number of rotatable bonds is 2. The Morgan fingerprint density at radius 3 is 3.25 bits per heavy atom. The number of H-pyrrole nitrogens is 1. The van der Waals surface area contributed by atoms with E-state index in [2.05, 4.69) is 20.3 Å². The molecule has 0 radical (unpaired) electrons. The number of hydrogen-bond donors (Lipinski definition) is 3. The number of amides is 1. The summed E-state index contributed by atoms with van der Waals surface area (Å²) < 4.78 is 4.72. The van der Waals surface area contributed by atoms with Crippen molar-refractivity contribution in [2.45, 2.75) is 6.92 Å². The summed E-state index contributed by atoms with van der Waals surface area (Å²) in [6, 6.07) is 1.53. The van der Waals surface area contributed by atoms with Crippen LogP contribution >= 0.6 is 0 Å². The maximum atomic E-state index is 11.2. The van der Waals surface area contributed by atoms with E-state index in [4.69, 9.17) is 10.5 Å². The Hall–Kier alpha value is -2.31. The fourth-order valence-corrected chi connectivity index (χ4v) is 1.29. The van der Waals surface area contributed by atoms with Gasteiger partial charge in [-0.25, -0.2) is 14.8 Å². The first kappa shape index (κ1) is 10.2. The molecule has 0 aliphatic heterocycles. The normalized spacial score (nSPS) is 10.3. The minimum Gasteiger partial charge on any atom is -0.450 e. The van der Waals surface area contributed by atoms with Crippen molar-refractivity contribution in [1.82, 2.24) is 15.0 Å². The molecule has 2 aromatic rings. The summed E-state index contributed by atoms with van der Waals surface area (Å²) in [5.74, 6) is 0.327. The van der Waals surface area contributed by atoms with Gasteiger partial charge in [-0.05, 0) is 6.92 Å². The van der Waals surface area contributed by atoms with Crippen LogP contribution < -0.4 is 11.1 Å². The molecule has 0 aliphatic rings. The van der Waals surface area contributed by atoms with Gasteiger partial charge in [0.05, 0.1) is 18.6 Å². The van der Waals surface area contributed by atoms with Gasteiger partial charge in [-0.3, -0.25) is 5.32 Å². The van der Waals surface area contributed by atoms with Crippen LogP contribution in [0.25, 0.3) is 11.2 Å². The van der Waals surface area contributed by atoms with E-state index in [0.717, 1.165) is 0 Å². The number of carbonyl (C=O) groups is 1. The number of nitrogens with two attached hydrogens (primary N) is 1. The smallest absolute Gasteiger partial charge is 0.412 e. The van der Waals surface area contributed by atoms with E-state index in [1.54, 1.807) is 6.92 Å². The highest BCUT2D eigenvalue weighted by Crippen LogP contribution is 2.19. The van der Waals surface area contributed by atoms with Crippen LogP contribution in [0.4, 0.5) is 16.3 Å². The van der Waals surface area contributed by atoms with Gasteiger partial charge in [-0.2, -0.15) is 0 Å². The number of pyridine rings is 1. The molecule has 0 aliphatic carbocycles. The molecule has 16 heavy (non-hydrogen) atoms. The highest BCUT2D eigenvalue weighted by molar-refractivity contribution is 5.90. The number of ether oxygens (including phenoxy) is 1. The van der Waals surface area contributed by atoms with Crippen molar-refractivity contribution >= 4 is 28.8 Å². The topological polar surface area (TPSA) is 106 Å². The lowest BCUT2D eigenvalue weighted by molar-refractivity contribution is 0.168. The lowest BCUT2D eigenvalue weighted by Gasteiger charge is -2.05. The highest BCUT2D eigenvalue weighted by atomic mass is 16.5. The highest BCUT2D eigenvalue weighted by Gasteiger charge is 2.08. The predicted molar refractivity (Wildman–Crippen MR) is 58.9 cm³/mol. The number of carbonyl (C=O) groups excluding carboxylic acids is 1. The Morgan fingerprint density at radius 1 is 1.69 bits per heavy atom. The van der Waals surface area contributed by atoms with Gasteiger partial charge in [0, 0.05) is 6.07 Å². The van der Waals surface area contributed by atoms with Crippen LogP contribution in [0.15, 0.2) is 12.4 Å². The molecule has 2 heterocycles. The van der Waals surface area contributed by atoms with Gasteiger partial charge in [0.25, 0.3) is 0 Å². The molecular formula is C9H11N5O2. The van der Waals surface area contributed by atoms with Crippen molar-refractivity contribution in [3.05, 3.63) is 12.4 Å². The first-order chi connectivity index (χ1) is 7.70. The third-order valence-electron chi connectivity index (χ3n) is 1.92. The number of fused-ring (bicyclic) bond motifs is 1. The standard InChI is InChI=1S/C9H11N5O2/c1-2-16-9(15)14-6-3-5(10)7-8(13-6)12-4-11-7/h3-4H,2H2,1H3,(H4,10,11,12,13,14,15). The number of nitrogens with one attached hydrogen (secondary N) is 2. The molecule has 0 spiro atoms. The third-order valence-corrected chi connectivity index (χ3v) is 1.92. The lowest BCUT2D eigenvalue weighted by atomic mass is 10.3. The maximum Gasteiger partial charge on any atom is 0.412 e. The first-order valence-corrected chi connectivity index (χ1v) is 4.74. The van der Waals surface area contributed by atoms with Gasteiger partial charge in [0.15, 0.2) is 5.65 Å². The molecule has 1 amide bonds. The van der Waals surface area contributed by atoms with Crippen LogP contribution in [0, 0.1) is 0 Å². The van der Waals surface area contributed by atoms with E-state index >= 15 is 0 Å². The van der Waals surface area contributed by atoms with E-state index < -0.39 is 6.09 Å². The quantitative estimate of drug-likeness (QED) is 0.704. The Morgan fingerprint density at radius 2 is 2.50 bits per heavy atom. The molecule has 0 fully saturated rings. The summed E-state index contributed by atoms with van der Waals surface area (Å²) in [7, 11) is 0. The lowest BCUT2D eigenvalue weighted by Crippen LogP contribution is -2.14. The molecule has 0 bridgehead atoms. The van der Waals surface area contributed by atoms with Crippen molar-refractivity contribution in [3.8, 4) is 0 Å². The summed E-state index contributed by atoms with van der Waals surface area (Å²) >= 11 is 0. The summed E-state index contributed by atoms with van der Waals surface area (Å²) in [5, 5.41) is 2.47. The average molecular weight is 221 g/mol. The average Bonchev–Trinajstić information content (AvgIpc) is 2.66. The molecular weight excluding hydrogens is 210 g/mol. The molecule has 0 saturated carbocycles. The fraction of sp³-hybridized carbons (Fsp3) is 0.222. The second-order valence-electron chi connectivity index (χ2n) is 3.04. The van der Waals surface area contributed by atoms with Gasteiger partial charge in [-0.1, -0.05) is 0 Å². The molecule has 2 rings (SSSR count). The second-order valence-corrected chi connectivity index (χ2v) is 3.04. The van der Waals surface area contributed by atoms with Crippen LogP contribution in [-0.2, 0) is 4.74 Å². The third kappa shape index (κ3) is 1.88. The predicted octanol–water partition coefficient (Wildman–Crippen LogP) is 1.11. The maximum absolute atomic E-state index is 11.2. The SMILES string of the molecule is CCOC(=O)Nc1cc(N)c2nc[nH]c2n1. The van der Waals surface area contributed by atoms with Crippen molar-refractivity contribution in [2.75, 3.05) is 17.7 Å². The Labute approximate surface area is 91.0 Å². The van der Waals surface area contributed by atoms with Gasteiger partial charge >= 0.3 is 6.09 Å². The monoisotopic (exact) mass is 221 g/mol. The second kappa shape index (κ2) is 4.05. The Bertz CT molecular complexity index is 522. The molecule has 0 aromatic carbocycles. The molecule has 7 heteroatoms. The minimum absolute atomic E-state index is 0.299. The first-order valence-electron chi connectivity index (χ1n) is 4.74. The molecule has 4 N–H and O–H groups in total. The molecule has 7 nitrogen and oxygen atoms in total. The summed E-state index contributed by atoms with van der Waals surface area (Å²) in [6.45, 7) is 2.02. The van der Waals surface area contributed by atoms with Gasteiger partial charge in [0.1, 0.15) is 11.3 Å². The van der Waals surface area contributed by atoms with E-state index in [0.29, 0.717) is 29.3 Å². The van der Waals surface area contributed by atoms with Gasteiger partial charge in [0.2, 0.25) is 0 Å². The molecule has 0 atom stereocenters. The molecule has 0 saturated heterocycles. The number of nitrogens with zero attached hydrogens (tertiary/aromatic N) is 2. The zero-order chi connectivity index (χ0) is 11.5. The number of aromatic amines is 1. The van der Waals surface area contributed by atoms with E-state index in [9.17, 15) is 4.79 Å². The fourth-order valence-electron chi connectivity index (χ4n) is 1.29. The summed E-state index contributed by atoms with van der Waals surface area (Å²) in [4.78, 5) is 22.1. The van der Waals surface area contributed by atoms with Crippen molar-refractivity contribution in [1.29, 1.82) is 0 Å². The zero-order valence-electron chi connectivity index (χ0n) is 8.65. The Kier molecular flexibility index (Phi) is 2.59. The van der Waals surface area contributed by atoms with Gasteiger partial charge < -0.3 is 15.5 Å². The summed E-state index contributed by atoms with van der Waals surface area (Å²) in [5.41, 5.74) is 7.28. The van der Waals surface area contributed by atoms with Crippen LogP contribution in [0.1, 0.15) is 6.92 Å². The van der Waals surface area contributed by atoms with Crippen molar-refractivity contribution in [3.63, 3.8) is 0 Å². The van der Waals surface area contributed by atoms with Crippen molar-refractivity contribution in [2.24, 2.45) is 0 Å². The Balaban J connectivity index is 2.28.